The first kappa shape index (κ1) is 15.5. The van der Waals surface area contributed by atoms with Gasteiger partial charge >= 0.3 is 12.1 Å². The Balaban J connectivity index is 2.89. The Labute approximate surface area is 108 Å². The first-order chi connectivity index (χ1) is 8.68. The SMILES string of the molecule is CC[C@H](C(=O)O)N(C)Cc1[nH]nc(C(F)(F)F)c1C. The van der Waals surface area contributed by atoms with Crippen molar-refractivity contribution >= 4 is 5.97 Å². The van der Waals surface area contributed by atoms with Crippen molar-refractivity contribution in [3.05, 3.63) is 17.0 Å². The first-order valence-corrected chi connectivity index (χ1v) is 5.72. The fourth-order valence-corrected chi connectivity index (χ4v) is 1.90. The second-order valence-corrected chi connectivity index (χ2v) is 4.35. The van der Waals surface area contributed by atoms with Crippen LogP contribution in [0.3, 0.4) is 0 Å². The highest BCUT2D eigenvalue weighted by atomic mass is 19.4. The van der Waals surface area contributed by atoms with E-state index in [-0.39, 0.29) is 17.8 Å². The van der Waals surface area contributed by atoms with Gasteiger partial charge in [-0.05, 0) is 20.4 Å². The smallest absolute Gasteiger partial charge is 0.435 e. The Morgan fingerprint density at radius 1 is 1.53 bits per heavy atom. The number of H-pyrrole nitrogens is 1. The van der Waals surface area contributed by atoms with E-state index in [1.165, 1.54) is 11.8 Å². The fourth-order valence-electron chi connectivity index (χ4n) is 1.90. The third-order valence-corrected chi connectivity index (χ3v) is 2.99. The summed E-state index contributed by atoms with van der Waals surface area (Å²) in [7, 11) is 1.55. The Kier molecular flexibility index (Phi) is 4.56. The summed E-state index contributed by atoms with van der Waals surface area (Å²) in [5, 5.41) is 14.5. The van der Waals surface area contributed by atoms with E-state index < -0.39 is 23.9 Å². The minimum absolute atomic E-state index is 0.000378. The average Bonchev–Trinajstić information content (AvgIpc) is 2.60. The van der Waals surface area contributed by atoms with Gasteiger partial charge in [0.1, 0.15) is 6.04 Å². The maximum atomic E-state index is 12.6. The van der Waals surface area contributed by atoms with E-state index in [1.54, 1.807) is 14.0 Å². The Hall–Kier alpha value is -1.57. The fraction of sp³-hybridized carbons (Fsp3) is 0.636. The molecule has 0 radical (unpaired) electrons. The average molecular weight is 279 g/mol. The van der Waals surface area contributed by atoms with Crippen molar-refractivity contribution < 1.29 is 23.1 Å². The van der Waals surface area contributed by atoms with E-state index in [9.17, 15) is 18.0 Å². The third-order valence-electron chi connectivity index (χ3n) is 2.99. The second kappa shape index (κ2) is 5.60. The largest absolute Gasteiger partial charge is 0.480 e. The molecule has 0 aromatic carbocycles. The van der Waals surface area contributed by atoms with Crippen molar-refractivity contribution in [2.24, 2.45) is 0 Å². The van der Waals surface area contributed by atoms with Crippen LogP contribution >= 0.6 is 0 Å². The van der Waals surface area contributed by atoms with Crippen molar-refractivity contribution in [1.29, 1.82) is 0 Å². The second-order valence-electron chi connectivity index (χ2n) is 4.35. The van der Waals surface area contributed by atoms with Crippen LogP contribution in [0.25, 0.3) is 0 Å². The molecule has 0 aliphatic carbocycles. The van der Waals surface area contributed by atoms with Crippen LogP contribution in [0.4, 0.5) is 13.2 Å². The van der Waals surface area contributed by atoms with Crippen molar-refractivity contribution in [2.45, 2.75) is 39.0 Å². The molecule has 0 amide bonds. The van der Waals surface area contributed by atoms with Gasteiger partial charge in [0.05, 0.1) is 5.69 Å². The Bertz CT molecular complexity index is 457. The van der Waals surface area contributed by atoms with Crippen molar-refractivity contribution in [3.63, 3.8) is 0 Å². The molecule has 8 heteroatoms. The lowest BCUT2D eigenvalue weighted by atomic mass is 10.1. The van der Waals surface area contributed by atoms with Crippen LogP contribution in [0.2, 0.25) is 0 Å². The molecule has 0 saturated heterocycles. The molecule has 19 heavy (non-hydrogen) atoms. The number of aromatic amines is 1. The third kappa shape index (κ3) is 3.46. The molecule has 0 bridgehead atoms. The predicted octanol–water partition coefficient (Wildman–Crippen LogP) is 2.03. The van der Waals surface area contributed by atoms with E-state index in [2.05, 4.69) is 10.2 Å². The van der Waals surface area contributed by atoms with Gasteiger partial charge in [-0.25, -0.2) is 0 Å². The maximum absolute atomic E-state index is 12.6. The van der Waals surface area contributed by atoms with E-state index >= 15 is 0 Å². The molecule has 0 fully saturated rings. The number of nitrogens with one attached hydrogen (secondary N) is 1. The van der Waals surface area contributed by atoms with Gasteiger partial charge in [-0.15, -0.1) is 0 Å². The zero-order chi connectivity index (χ0) is 14.8. The molecule has 108 valence electrons. The van der Waals surface area contributed by atoms with Crippen LogP contribution in [-0.4, -0.2) is 39.3 Å². The molecule has 0 unspecified atom stereocenters. The minimum atomic E-state index is -4.51. The van der Waals surface area contributed by atoms with E-state index in [4.69, 9.17) is 5.11 Å². The zero-order valence-electron chi connectivity index (χ0n) is 10.9. The summed E-state index contributed by atoms with van der Waals surface area (Å²) in [6.45, 7) is 3.09. The molecule has 1 heterocycles. The molecule has 1 rings (SSSR count). The highest BCUT2D eigenvalue weighted by molar-refractivity contribution is 5.73. The monoisotopic (exact) mass is 279 g/mol. The zero-order valence-corrected chi connectivity index (χ0v) is 10.9. The van der Waals surface area contributed by atoms with Crippen LogP contribution < -0.4 is 0 Å². The molecule has 0 saturated carbocycles. The van der Waals surface area contributed by atoms with E-state index in [0.29, 0.717) is 6.42 Å². The molecule has 0 spiro atoms. The van der Waals surface area contributed by atoms with Crippen molar-refractivity contribution in [1.82, 2.24) is 15.1 Å². The summed E-state index contributed by atoms with van der Waals surface area (Å²) >= 11 is 0. The quantitative estimate of drug-likeness (QED) is 0.865. The van der Waals surface area contributed by atoms with Gasteiger partial charge in [0.2, 0.25) is 0 Å². The molecule has 1 aromatic heterocycles. The summed E-state index contributed by atoms with van der Waals surface area (Å²) in [5.74, 6) is -1.00. The highest BCUT2D eigenvalue weighted by Crippen LogP contribution is 2.31. The molecule has 0 aliphatic heterocycles. The first-order valence-electron chi connectivity index (χ1n) is 5.72. The van der Waals surface area contributed by atoms with Crippen molar-refractivity contribution in [3.8, 4) is 0 Å². The lowest BCUT2D eigenvalue weighted by Gasteiger charge is -2.22. The Morgan fingerprint density at radius 3 is 2.47 bits per heavy atom. The summed E-state index contributed by atoms with van der Waals surface area (Å²) in [5.41, 5.74) is -0.687. The van der Waals surface area contributed by atoms with E-state index in [0.717, 1.165) is 0 Å². The van der Waals surface area contributed by atoms with Crippen LogP contribution in [0, 0.1) is 6.92 Å². The van der Waals surface area contributed by atoms with Gasteiger partial charge in [0.25, 0.3) is 0 Å². The van der Waals surface area contributed by atoms with Gasteiger partial charge in [0.15, 0.2) is 5.69 Å². The van der Waals surface area contributed by atoms with Crippen LogP contribution in [0.5, 0.6) is 0 Å². The molecule has 1 aromatic rings. The normalized spacial score (nSPS) is 13.8. The lowest BCUT2D eigenvalue weighted by molar-refractivity contribution is -0.143. The predicted molar refractivity (Wildman–Crippen MR) is 61.5 cm³/mol. The molecular formula is C11H16F3N3O2. The van der Waals surface area contributed by atoms with Gasteiger partial charge in [-0.1, -0.05) is 6.92 Å². The van der Waals surface area contributed by atoms with Crippen LogP contribution in [0.1, 0.15) is 30.3 Å². The van der Waals surface area contributed by atoms with Crippen LogP contribution in [-0.2, 0) is 17.5 Å². The van der Waals surface area contributed by atoms with Crippen molar-refractivity contribution in [2.75, 3.05) is 7.05 Å². The number of aliphatic carboxylic acids is 1. The number of halogens is 3. The number of aromatic nitrogens is 2. The maximum Gasteiger partial charge on any atom is 0.435 e. The number of rotatable bonds is 5. The summed E-state index contributed by atoms with van der Waals surface area (Å²) in [4.78, 5) is 12.4. The topological polar surface area (TPSA) is 69.2 Å². The molecule has 2 N–H and O–H groups in total. The number of hydrogen-bond donors (Lipinski definition) is 2. The van der Waals surface area contributed by atoms with Gasteiger partial charge in [-0.3, -0.25) is 14.8 Å². The number of hydrogen-bond acceptors (Lipinski definition) is 3. The van der Waals surface area contributed by atoms with Gasteiger partial charge < -0.3 is 5.11 Å². The summed E-state index contributed by atoms with van der Waals surface area (Å²) in [6.07, 6.45) is -4.14. The highest BCUT2D eigenvalue weighted by Gasteiger charge is 2.36. The van der Waals surface area contributed by atoms with Gasteiger partial charge in [0, 0.05) is 12.1 Å². The standard InChI is InChI=1S/C11H16F3N3O2/c1-4-8(10(18)19)17(3)5-7-6(2)9(16-15-7)11(12,13)14/h8H,4-5H2,1-3H3,(H,15,16)(H,18,19)/t8-/m1/s1. The number of alkyl halides is 3. The molecular weight excluding hydrogens is 263 g/mol. The lowest BCUT2D eigenvalue weighted by Crippen LogP contribution is -2.37. The molecule has 0 aliphatic rings. The number of carboxylic acid groups (broad SMARTS) is 1. The summed E-state index contributed by atoms with van der Waals surface area (Å²) in [6, 6.07) is -0.739. The number of carboxylic acids is 1. The summed E-state index contributed by atoms with van der Waals surface area (Å²) < 4.78 is 37.7. The minimum Gasteiger partial charge on any atom is -0.480 e. The van der Waals surface area contributed by atoms with E-state index in [1.807, 2.05) is 0 Å². The number of carbonyl (C=O) groups is 1. The molecule has 5 nitrogen and oxygen atoms in total. The van der Waals surface area contributed by atoms with Gasteiger partial charge in [-0.2, -0.15) is 18.3 Å². The van der Waals surface area contributed by atoms with Crippen LogP contribution in [0.15, 0.2) is 0 Å². The number of nitrogens with zero attached hydrogens (tertiary/aromatic N) is 2. The molecule has 1 atom stereocenters. The Morgan fingerprint density at radius 2 is 2.11 bits per heavy atom. The number of likely N-dealkylation sites (N-methyl/N-ethyl adjacent to an activating group) is 1.